The molecule has 2 aromatic heterocycles. The van der Waals surface area contributed by atoms with E-state index in [0.29, 0.717) is 13.1 Å². The van der Waals surface area contributed by atoms with Gasteiger partial charge < -0.3 is 9.80 Å². The monoisotopic (exact) mass is 358 g/mol. The van der Waals surface area contributed by atoms with Crippen molar-refractivity contribution in [3.63, 3.8) is 0 Å². The van der Waals surface area contributed by atoms with Gasteiger partial charge in [0.1, 0.15) is 0 Å². The first kappa shape index (κ1) is 16.3. The summed E-state index contributed by atoms with van der Waals surface area (Å²) in [7, 11) is 1.64. The fourth-order valence-corrected chi connectivity index (χ4v) is 4.76. The molecule has 25 heavy (non-hydrogen) atoms. The molecule has 3 heterocycles. The van der Waals surface area contributed by atoms with Gasteiger partial charge in [0.05, 0.1) is 17.4 Å². The van der Waals surface area contributed by atoms with Crippen LogP contribution in [0, 0.1) is 0 Å². The Morgan fingerprint density at radius 3 is 2.68 bits per heavy atom. The van der Waals surface area contributed by atoms with E-state index in [1.165, 1.54) is 28.0 Å². The van der Waals surface area contributed by atoms with Crippen molar-refractivity contribution in [2.24, 2.45) is 7.05 Å². The molecule has 2 aliphatic rings. The van der Waals surface area contributed by atoms with Crippen LogP contribution >= 0.6 is 11.3 Å². The maximum absolute atomic E-state index is 12.9. The molecule has 1 saturated heterocycles. The van der Waals surface area contributed by atoms with Gasteiger partial charge in [-0.25, -0.2) is 4.68 Å². The van der Waals surface area contributed by atoms with E-state index in [1.807, 2.05) is 4.90 Å². The molecule has 1 fully saturated rings. The number of amides is 1. The average molecular weight is 358 g/mol. The number of carbonyl (C=O) groups is 1. The number of piperazine rings is 1. The van der Waals surface area contributed by atoms with Crippen molar-refractivity contribution in [3.8, 4) is 0 Å². The first-order chi connectivity index (χ1) is 12.1. The highest BCUT2D eigenvalue weighted by molar-refractivity contribution is 7.10. The number of thiophene rings is 1. The van der Waals surface area contributed by atoms with Crippen LogP contribution in [0.25, 0.3) is 0 Å². The number of anilines is 1. The number of rotatable bonds is 2. The van der Waals surface area contributed by atoms with Gasteiger partial charge in [-0.1, -0.05) is 0 Å². The minimum atomic E-state index is -0.110. The van der Waals surface area contributed by atoms with Crippen LogP contribution in [0.1, 0.15) is 33.6 Å². The largest absolute Gasteiger partial charge is 0.367 e. The number of hydrogen-bond donors (Lipinski definition) is 0. The van der Waals surface area contributed by atoms with E-state index in [2.05, 4.69) is 15.4 Å². The maximum atomic E-state index is 12.9. The van der Waals surface area contributed by atoms with Crippen LogP contribution in [0.2, 0.25) is 0 Å². The summed E-state index contributed by atoms with van der Waals surface area (Å²) in [6.07, 6.45) is 6.31. The predicted octanol–water partition coefficient (Wildman–Crippen LogP) is 1.68. The highest BCUT2D eigenvalue weighted by Gasteiger charge is 2.27. The van der Waals surface area contributed by atoms with Crippen LogP contribution in [0.4, 0.5) is 5.69 Å². The van der Waals surface area contributed by atoms with Gasteiger partial charge >= 0.3 is 0 Å². The van der Waals surface area contributed by atoms with E-state index in [9.17, 15) is 9.59 Å². The molecule has 4 rings (SSSR count). The molecule has 6 nitrogen and oxygen atoms in total. The number of fused-ring (bicyclic) bond motifs is 1. The molecule has 0 N–H and O–H groups in total. The standard InChI is InChI=1S/C18H22N4O2S/c1-20-17(23)10-13(11-19-20)21-6-8-22(9-7-21)18(24)15-12-25-16-5-3-2-4-14(15)16/h10-12H,2-9H2,1H3. The predicted molar refractivity (Wildman–Crippen MR) is 98.6 cm³/mol. The molecular formula is C18H22N4O2S. The molecule has 0 aromatic carbocycles. The molecule has 0 radical (unpaired) electrons. The van der Waals surface area contributed by atoms with Crippen molar-refractivity contribution < 1.29 is 4.79 Å². The number of nitrogens with zero attached hydrogens (tertiary/aromatic N) is 4. The van der Waals surface area contributed by atoms with Crippen LogP contribution in [0.3, 0.4) is 0 Å². The van der Waals surface area contributed by atoms with Crippen molar-refractivity contribution in [1.82, 2.24) is 14.7 Å². The third kappa shape index (κ3) is 3.08. The van der Waals surface area contributed by atoms with Crippen LogP contribution in [-0.4, -0.2) is 46.8 Å². The van der Waals surface area contributed by atoms with Crippen LogP contribution < -0.4 is 10.5 Å². The summed E-state index contributed by atoms with van der Waals surface area (Å²) >= 11 is 1.74. The summed E-state index contributed by atoms with van der Waals surface area (Å²) in [4.78, 5) is 30.2. The van der Waals surface area contributed by atoms with Gasteiger partial charge in [-0.05, 0) is 31.2 Å². The van der Waals surface area contributed by atoms with E-state index in [-0.39, 0.29) is 11.5 Å². The Morgan fingerprint density at radius 2 is 1.92 bits per heavy atom. The fourth-order valence-electron chi connectivity index (χ4n) is 3.64. The molecular weight excluding hydrogens is 336 g/mol. The van der Waals surface area contributed by atoms with E-state index in [1.54, 1.807) is 30.6 Å². The maximum Gasteiger partial charge on any atom is 0.268 e. The summed E-state index contributed by atoms with van der Waals surface area (Å²) in [5, 5.41) is 6.13. The van der Waals surface area contributed by atoms with Gasteiger partial charge in [-0.3, -0.25) is 9.59 Å². The van der Waals surface area contributed by atoms with Gasteiger partial charge in [0.15, 0.2) is 0 Å². The highest BCUT2D eigenvalue weighted by Crippen LogP contribution is 2.31. The van der Waals surface area contributed by atoms with Gasteiger partial charge in [-0.2, -0.15) is 5.10 Å². The zero-order chi connectivity index (χ0) is 17.4. The molecule has 2 aromatic rings. The Hall–Kier alpha value is -2.15. The molecule has 1 aliphatic heterocycles. The second-order valence-electron chi connectivity index (χ2n) is 6.71. The quantitative estimate of drug-likeness (QED) is 0.820. The van der Waals surface area contributed by atoms with E-state index >= 15 is 0 Å². The number of carbonyl (C=O) groups excluding carboxylic acids is 1. The second-order valence-corrected chi connectivity index (χ2v) is 7.68. The van der Waals surface area contributed by atoms with Crippen molar-refractivity contribution in [3.05, 3.63) is 44.0 Å². The Labute approximate surface area is 150 Å². The zero-order valence-electron chi connectivity index (χ0n) is 14.4. The van der Waals surface area contributed by atoms with Gasteiger partial charge in [-0.15, -0.1) is 11.3 Å². The lowest BCUT2D eigenvalue weighted by molar-refractivity contribution is 0.0746. The summed E-state index contributed by atoms with van der Waals surface area (Å²) in [5.41, 5.74) is 2.94. The van der Waals surface area contributed by atoms with Gasteiger partial charge in [0.2, 0.25) is 0 Å². The smallest absolute Gasteiger partial charge is 0.268 e. The van der Waals surface area contributed by atoms with Crippen LogP contribution in [-0.2, 0) is 19.9 Å². The summed E-state index contributed by atoms with van der Waals surface area (Å²) in [5.74, 6) is 0.168. The number of aryl methyl sites for hydroxylation is 2. The zero-order valence-corrected chi connectivity index (χ0v) is 15.2. The SMILES string of the molecule is Cn1ncc(N2CCN(C(=O)c3csc4c3CCCC4)CC2)cc1=O. The van der Waals surface area contributed by atoms with Crippen molar-refractivity contribution >= 4 is 22.9 Å². The lowest BCUT2D eigenvalue weighted by Gasteiger charge is -2.36. The normalized spacial score (nSPS) is 17.5. The third-order valence-corrected chi connectivity index (χ3v) is 6.27. The molecule has 0 spiro atoms. The molecule has 1 amide bonds. The summed E-state index contributed by atoms with van der Waals surface area (Å²) in [6.45, 7) is 2.82. The molecule has 132 valence electrons. The summed E-state index contributed by atoms with van der Waals surface area (Å²) < 4.78 is 1.32. The molecule has 0 saturated carbocycles. The highest BCUT2D eigenvalue weighted by atomic mass is 32.1. The minimum absolute atomic E-state index is 0.110. The third-order valence-electron chi connectivity index (χ3n) is 5.18. The minimum Gasteiger partial charge on any atom is -0.367 e. The van der Waals surface area contributed by atoms with Crippen molar-refractivity contribution in [1.29, 1.82) is 0 Å². The van der Waals surface area contributed by atoms with Crippen LogP contribution in [0.5, 0.6) is 0 Å². The first-order valence-corrected chi connectivity index (χ1v) is 9.68. The molecule has 0 unspecified atom stereocenters. The number of aromatic nitrogens is 2. The topological polar surface area (TPSA) is 58.4 Å². The Bertz CT molecular complexity index is 849. The second kappa shape index (κ2) is 6.63. The summed E-state index contributed by atoms with van der Waals surface area (Å²) in [6, 6.07) is 1.61. The van der Waals surface area contributed by atoms with Crippen molar-refractivity contribution in [2.75, 3.05) is 31.1 Å². The Balaban J connectivity index is 1.45. The van der Waals surface area contributed by atoms with Crippen LogP contribution in [0.15, 0.2) is 22.4 Å². The van der Waals surface area contributed by atoms with Crippen molar-refractivity contribution in [2.45, 2.75) is 25.7 Å². The van der Waals surface area contributed by atoms with E-state index < -0.39 is 0 Å². The average Bonchev–Trinajstić information content (AvgIpc) is 3.08. The Kier molecular flexibility index (Phi) is 4.33. The number of hydrogen-bond acceptors (Lipinski definition) is 5. The van der Waals surface area contributed by atoms with E-state index in [0.717, 1.165) is 37.2 Å². The van der Waals surface area contributed by atoms with Gasteiger partial charge in [0.25, 0.3) is 11.5 Å². The van der Waals surface area contributed by atoms with E-state index in [4.69, 9.17) is 0 Å². The molecule has 1 aliphatic carbocycles. The first-order valence-electron chi connectivity index (χ1n) is 8.80. The molecule has 7 heteroatoms. The lowest BCUT2D eigenvalue weighted by Crippen LogP contribution is -2.49. The Morgan fingerprint density at radius 1 is 1.16 bits per heavy atom. The fraction of sp³-hybridized carbons (Fsp3) is 0.500. The lowest BCUT2D eigenvalue weighted by atomic mass is 9.95. The van der Waals surface area contributed by atoms with Gasteiger partial charge in [0, 0.05) is 49.6 Å². The molecule has 0 bridgehead atoms. The molecule has 0 atom stereocenters.